The summed E-state index contributed by atoms with van der Waals surface area (Å²) in [7, 11) is 0. The smallest absolute Gasteiger partial charge is 0.227 e. The summed E-state index contributed by atoms with van der Waals surface area (Å²) < 4.78 is 13.6. The third kappa shape index (κ3) is 3.07. The molecule has 1 saturated heterocycles. The molecule has 1 aliphatic heterocycles. The third-order valence-corrected chi connectivity index (χ3v) is 3.41. The van der Waals surface area contributed by atoms with Gasteiger partial charge in [0.15, 0.2) is 0 Å². The van der Waals surface area contributed by atoms with E-state index in [2.05, 4.69) is 10.6 Å². The monoisotopic (exact) mass is 250 g/mol. The van der Waals surface area contributed by atoms with Gasteiger partial charge in [0, 0.05) is 12.6 Å². The normalized spacial score (nSPS) is 21.3. The van der Waals surface area contributed by atoms with E-state index in [0.717, 1.165) is 25.9 Å². The zero-order valence-corrected chi connectivity index (χ0v) is 10.6. The summed E-state index contributed by atoms with van der Waals surface area (Å²) in [4.78, 5) is 12.1. The molecule has 0 bridgehead atoms. The third-order valence-electron chi connectivity index (χ3n) is 3.41. The van der Waals surface area contributed by atoms with Gasteiger partial charge in [0.1, 0.15) is 5.82 Å². The Bertz CT molecular complexity index is 416. The van der Waals surface area contributed by atoms with E-state index in [1.165, 1.54) is 6.07 Å². The minimum atomic E-state index is -0.451. The van der Waals surface area contributed by atoms with Crippen molar-refractivity contribution in [2.75, 3.05) is 13.1 Å². The molecule has 1 fully saturated rings. The van der Waals surface area contributed by atoms with Gasteiger partial charge >= 0.3 is 0 Å². The van der Waals surface area contributed by atoms with Gasteiger partial charge in [-0.25, -0.2) is 4.39 Å². The van der Waals surface area contributed by atoms with Crippen molar-refractivity contribution in [3.63, 3.8) is 0 Å². The Kier molecular flexibility index (Phi) is 4.31. The molecule has 2 atom stereocenters. The molecule has 0 spiro atoms. The summed E-state index contributed by atoms with van der Waals surface area (Å²) in [5, 5.41) is 6.22. The molecule has 98 valence electrons. The van der Waals surface area contributed by atoms with Crippen LogP contribution in [0.25, 0.3) is 0 Å². The number of hydrogen-bond donors (Lipinski definition) is 2. The quantitative estimate of drug-likeness (QED) is 0.859. The van der Waals surface area contributed by atoms with Crippen molar-refractivity contribution in [2.24, 2.45) is 0 Å². The van der Waals surface area contributed by atoms with Gasteiger partial charge in [-0.15, -0.1) is 0 Å². The molecule has 1 heterocycles. The topological polar surface area (TPSA) is 41.1 Å². The summed E-state index contributed by atoms with van der Waals surface area (Å²) in [5.41, 5.74) is 0.457. The Hall–Kier alpha value is -1.42. The first kappa shape index (κ1) is 13.0. The number of benzene rings is 1. The van der Waals surface area contributed by atoms with Crippen LogP contribution in [0.15, 0.2) is 24.3 Å². The zero-order valence-electron chi connectivity index (χ0n) is 10.6. The average molecular weight is 250 g/mol. The highest BCUT2D eigenvalue weighted by Crippen LogP contribution is 2.19. The number of amides is 1. The minimum absolute atomic E-state index is 0.103. The van der Waals surface area contributed by atoms with Gasteiger partial charge in [0.2, 0.25) is 5.91 Å². The zero-order chi connectivity index (χ0) is 13.0. The first-order valence-electron chi connectivity index (χ1n) is 6.44. The van der Waals surface area contributed by atoms with Crippen LogP contribution in [0.3, 0.4) is 0 Å². The number of piperidine rings is 1. The number of hydrogen-bond acceptors (Lipinski definition) is 2. The maximum Gasteiger partial charge on any atom is 0.227 e. The first-order chi connectivity index (χ1) is 8.68. The van der Waals surface area contributed by atoms with Crippen molar-refractivity contribution >= 4 is 5.91 Å². The summed E-state index contributed by atoms with van der Waals surface area (Å²) in [6.07, 6.45) is 2.06. The molecule has 1 aliphatic rings. The van der Waals surface area contributed by atoms with Crippen molar-refractivity contribution in [3.05, 3.63) is 35.6 Å². The molecule has 1 amide bonds. The van der Waals surface area contributed by atoms with Gasteiger partial charge in [-0.3, -0.25) is 4.79 Å². The Labute approximate surface area is 107 Å². The largest absolute Gasteiger partial charge is 0.352 e. The standard InChI is InChI=1S/C14H19FN2O/c1-10(12-6-2-3-7-13(12)15)14(18)17-11-5-4-8-16-9-11/h2-3,6-7,10-11,16H,4-5,8-9H2,1H3,(H,17,18)/t10?,11-/m0/s1. The second-order valence-electron chi connectivity index (χ2n) is 4.80. The molecule has 3 nitrogen and oxygen atoms in total. The van der Waals surface area contributed by atoms with E-state index in [0.29, 0.717) is 5.56 Å². The molecule has 1 unspecified atom stereocenters. The number of nitrogens with one attached hydrogen (secondary N) is 2. The van der Waals surface area contributed by atoms with Crippen LogP contribution < -0.4 is 10.6 Å². The molecule has 0 aliphatic carbocycles. The highest BCUT2D eigenvalue weighted by Gasteiger charge is 2.22. The Morgan fingerprint density at radius 1 is 1.50 bits per heavy atom. The summed E-state index contributed by atoms with van der Waals surface area (Å²) >= 11 is 0. The fourth-order valence-corrected chi connectivity index (χ4v) is 2.27. The second-order valence-corrected chi connectivity index (χ2v) is 4.80. The van der Waals surface area contributed by atoms with Crippen LogP contribution in [0.5, 0.6) is 0 Å². The molecule has 1 aromatic carbocycles. The molecule has 0 aromatic heterocycles. The summed E-state index contributed by atoms with van der Waals surface area (Å²) in [6, 6.07) is 6.61. The van der Waals surface area contributed by atoms with Crippen LogP contribution in [0, 0.1) is 5.82 Å². The Morgan fingerprint density at radius 3 is 2.94 bits per heavy atom. The summed E-state index contributed by atoms with van der Waals surface area (Å²) in [5.74, 6) is -0.871. The maximum absolute atomic E-state index is 13.6. The molecule has 0 radical (unpaired) electrons. The predicted molar refractivity (Wildman–Crippen MR) is 68.8 cm³/mol. The molecule has 18 heavy (non-hydrogen) atoms. The van der Waals surface area contributed by atoms with Gasteiger partial charge in [-0.05, 0) is 37.9 Å². The van der Waals surface area contributed by atoms with Crippen LogP contribution in [0.2, 0.25) is 0 Å². The lowest BCUT2D eigenvalue weighted by molar-refractivity contribution is -0.123. The fourth-order valence-electron chi connectivity index (χ4n) is 2.27. The van der Waals surface area contributed by atoms with Crippen LogP contribution >= 0.6 is 0 Å². The molecular formula is C14H19FN2O. The lowest BCUT2D eigenvalue weighted by Crippen LogP contribution is -2.46. The average Bonchev–Trinajstić information content (AvgIpc) is 2.39. The van der Waals surface area contributed by atoms with Crippen molar-refractivity contribution in [3.8, 4) is 0 Å². The molecule has 1 aromatic rings. The highest BCUT2D eigenvalue weighted by molar-refractivity contribution is 5.83. The van der Waals surface area contributed by atoms with Crippen LogP contribution in [0.4, 0.5) is 4.39 Å². The first-order valence-corrected chi connectivity index (χ1v) is 6.44. The van der Waals surface area contributed by atoms with Crippen molar-refractivity contribution in [2.45, 2.75) is 31.7 Å². The van der Waals surface area contributed by atoms with Crippen LogP contribution in [-0.4, -0.2) is 25.0 Å². The van der Waals surface area contributed by atoms with Crippen LogP contribution in [-0.2, 0) is 4.79 Å². The van der Waals surface area contributed by atoms with E-state index in [-0.39, 0.29) is 17.8 Å². The number of rotatable bonds is 3. The van der Waals surface area contributed by atoms with Crippen molar-refractivity contribution in [1.82, 2.24) is 10.6 Å². The van der Waals surface area contributed by atoms with E-state index in [1.807, 2.05) is 0 Å². The van der Waals surface area contributed by atoms with E-state index >= 15 is 0 Å². The Balaban J connectivity index is 1.98. The van der Waals surface area contributed by atoms with Crippen LogP contribution in [0.1, 0.15) is 31.2 Å². The predicted octanol–water partition coefficient (Wildman–Crippen LogP) is 1.80. The van der Waals surface area contributed by atoms with Gasteiger partial charge in [-0.2, -0.15) is 0 Å². The molecular weight excluding hydrogens is 231 g/mol. The van der Waals surface area contributed by atoms with E-state index in [4.69, 9.17) is 0 Å². The second kappa shape index (κ2) is 5.96. The highest BCUT2D eigenvalue weighted by atomic mass is 19.1. The molecule has 2 rings (SSSR count). The van der Waals surface area contributed by atoms with Gasteiger partial charge < -0.3 is 10.6 Å². The number of carbonyl (C=O) groups excluding carboxylic acids is 1. The SMILES string of the molecule is CC(C(=O)N[C@H]1CCCNC1)c1ccccc1F. The van der Waals surface area contributed by atoms with Gasteiger partial charge in [-0.1, -0.05) is 18.2 Å². The lowest BCUT2D eigenvalue weighted by Gasteiger charge is -2.25. The molecule has 0 saturated carbocycles. The Morgan fingerprint density at radius 2 is 2.28 bits per heavy atom. The maximum atomic E-state index is 13.6. The van der Waals surface area contributed by atoms with E-state index in [1.54, 1.807) is 25.1 Å². The number of carbonyl (C=O) groups is 1. The molecule has 4 heteroatoms. The summed E-state index contributed by atoms with van der Waals surface area (Å²) in [6.45, 7) is 3.55. The van der Waals surface area contributed by atoms with E-state index < -0.39 is 5.92 Å². The van der Waals surface area contributed by atoms with E-state index in [9.17, 15) is 9.18 Å². The minimum Gasteiger partial charge on any atom is -0.352 e. The number of halogens is 1. The lowest BCUT2D eigenvalue weighted by atomic mass is 9.98. The van der Waals surface area contributed by atoms with Gasteiger partial charge in [0.25, 0.3) is 0 Å². The molecule has 2 N–H and O–H groups in total. The van der Waals surface area contributed by atoms with Crippen molar-refractivity contribution < 1.29 is 9.18 Å². The van der Waals surface area contributed by atoms with Crippen molar-refractivity contribution in [1.29, 1.82) is 0 Å². The van der Waals surface area contributed by atoms with Gasteiger partial charge in [0.05, 0.1) is 5.92 Å². The fraction of sp³-hybridized carbons (Fsp3) is 0.500.